The predicted octanol–water partition coefficient (Wildman–Crippen LogP) is 8.65. The predicted molar refractivity (Wildman–Crippen MR) is 170 cm³/mol. The normalized spacial score (nSPS) is 20.0. The standard InChI is InChI=1S/C25H40N2O2.C11H11F5/c1-4-5-6-10-21(3)27-15-14-26-19-25(12-16-28,13-17-29)18-23(26)24(27)22-11-8-7-9-20(22)2;1-3-7-4-8(10(2,12)13)6-9(5-7)11(14,15)16/h7-9,11,23-24,28-29H,3-6,10,12-19H2,1-2H3;4-6H,3H2,1-2H3. The van der Waals surface area contributed by atoms with E-state index in [2.05, 4.69) is 54.5 Å². The van der Waals surface area contributed by atoms with Crippen LogP contribution in [0.2, 0.25) is 0 Å². The molecule has 2 unspecified atom stereocenters. The van der Waals surface area contributed by atoms with E-state index in [-0.39, 0.29) is 30.6 Å². The molecule has 0 aliphatic carbocycles. The number of aliphatic hydroxyl groups excluding tert-OH is 2. The smallest absolute Gasteiger partial charge is 0.396 e. The first-order valence-corrected chi connectivity index (χ1v) is 16.2. The second kappa shape index (κ2) is 15.9. The lowest BCUT2D eigenvalue weighted by Crippen LogP contribution is -2.51. The molecule has 4 rings (SSSR count). The number of hydrogen-bond donors (Lipinski definition) is 2. The highest BCUT2D eigenvalue weighted by molar-refractivity contribution is 5.34. The Morgan fingerprint density at radius 2 is 1.60 bits per heavy atom. The van der Waals surface area contributed by atoms with E-state index in [1.165, 1.54) is 36.1 Å². The molecule has 0 saturated carbocycles. The topological polar surface area (TPSA) is 46.9 Å². The van der Waals surface area contributed by atoms with Crippen LogP contribution in [0.1, 0.15) is 99.6 Å². The average molecular weight is 639 g/mol. The van der Waals surface area contributed by atoms with Crippen molar-refractivity contribution in [2.75, 3.05) is 32.8 Å². The second-order valence-electron chi connectivity index (χ2n) is 12.9. The highest BCUT2D eigenvalue weighted by Gasteiger charge is 2.50. The number of hydrogen-bond acceptors (Lipinski definition) is 4. The van der Waals surface area contributed by atoms with Gasteiger partial charge in [0.25, 0.3) is 5.92 Å². The molecular weight excluding hydrogens is 587 g/mol. The van der Waals surface area contributed by atoms with Crippen LogP contribution in [0.15, 0.2) is 54.7 Å². The first-order chi connectivity index (χ1) is 21.2. The summed E-state index contributed by atoms with van der Waals surface area (Å²) in [4.78, 5) is 5.20. The number of rotatable bonds is 12. The number of aliphatic hydroxyl groups is 2. The van der Waals surface area contributed by atoms with Crippen molar-refractivity contribution in [1.29, 1.82) is 0 Å². The largest absolute Gasteiger partial charge is 0.416 e. The lowest BCUT2D eigenvalue weighted by atomic mass is 9.77. The minimum atomic E-state index is -4.59. The molecule has 2 heterocycles. The maximum Gasteiger partial charge on any atom is 0.416 e. The van der Waals surface area contributed by atoms with Crippen LogP contribution in [0.3, 0.4) is 0 Å². The molecule has 9 heteroatoms. The van der Waals surface area contributed by atoms with Crippen LogP contribution < -0.4 is 0 Å². The van der Waals surface area contributed by atoms with Gasteiger partial charge in [-0.15, -0.1) is 0 Å². The van der Waals surface area contributed by atoms with Crippen LogP contribution in [-0.4, -0.2) is 58.9 Å². The fourth-order valence-electron chi connectivity index (χ4n) is 6.97. The van der Waals surface area contributed by atoms with Crippen molar-refractivity contribution in [3.8, 4) is 0 Å². The lowest BCUT2D eigenvalue weighted by molar-refractivity contribution is -0.137. The van der Waals surface area contributed by atoms with E-state index in [4.69, 9.17) is 0 Å². The molecule has 252 valence electrons. The number of halogens is 5. The Morgan fingerprint density at radius 3 is 2.16 bits per heavy atom. The highest BCUT2D eigenvalue weighted by atomic mass is 19.4. The van der Waals surface area contributed by atoms with Gasteiger partial charge in [0.2, 0.25) is 0 Å². The average Bonchev–Trinajstić information content (AvgIpc) is 3.34. The SMILES string of the molecule is C=C(CCCCC)N1CCN2CC(CCO)(CCO)CC2C1c1ccccc1C.CCc1cc(C(C)(F)F)cc(C(F)(F)F)c1. The maximum absolute atomic E-state index is 13.0. The molecule has 2 saturated heterocycles. The molecule has 2 aliphatic rings. The summed E-state index contributed by atoms with van der Waals surface area (Å²) in [6.45, 7) is 14.6. The molecule has 0 aromatic heterocycles. The van der Waals surface area contributed by atoms with E-state index in [1.807, 2.05) is 0 Å². The molecule has 0 amide bonds. The number of benzene rings is 2. The minimum absolute atomic E-state index is 0.0225. The van der Waals surface area contributed by atoms with Gasteiger partial charge in [0.15, 0.2) is 0 Å². The number of piperazine rings is 1. The number of allylic oxidation sites excluding steroid dienone is 1. The number of fused-ring (bicyclic) bond motifs is 1. The van der Waals surface area contributed by atoms with Gasteiger partial charge < -0.3 is 15.1 Å². The van der Waals surface area contributed by atoms with Crippen LogP contribution in [-0.2, 0) is 18.5 Å². The van der Waals surface area contributed by atoms with Gasteiger partial charge in [-0.2, -0.15) is 13.2 Å². The summed E-state index contributed by atoms with van der Waals surface area (Å²) in [6, 6.07) is 12.0. The zero-order valence-corrected chi connectivity index (χ0v) is 27.3. The first kappa shape index (κ1) is 37.0. The van der Waals surface area contributed by atoms with E-state index >= 15 is 0 Å². The van der Waals surface area contributed by atoms with Crippen molar-refractivity contribution < 1.29 is 32.2 Å². The summed E-state index contributed by atoms with van der Waals surface area (Å²) >= 11 is 0. The third kappa shape index (κ3) is 9.52. The molecule has 2 aromatic carbocycles. The summed E-state index contributed by atoms with van der Waals surface area (Å²) in [6.07, 6.45) is 3.05. The Bertz CT molecular complexity index is 1200. The van der Waals surface area contributed by atoms with Gasteiger partial charge in [-0.05, 0) is 85.8 Å². The van der Waals surface area contributed by atoms with E-state index in [0.29, 0.717) is 25.1 Å². The van der Waals surface area contributed by atoms with Crippen LogP contribution in [0.5, 0.6) is 0 Å². The van der Waals surface area contributed by atoms with Gasteiger partial charge in [-0.25, -0.2) is 8.78 Å². The number of nitrogens with zero attached hydrogens (tertiary/aromatic N) is 2. The maximum atomic E-state index is 13.0. The second-order valence-corrected chi connectivity index (χ2v) is 12.9. The van der Waals surface area contributed by atoms with E-state index in [0.717, 1.165) is 57.5 Å². The zero-order chi connectivity index (χ0) is 33.4. The monoisotopic (exact) mass is 638 g/mol. The molecule has 2 N–H and O–H groups in total. The third-order valence-electron chi connectivity index (χ3n) is 9.48. The molecule has 2 atom stereocenters. The first-order valence-electron chi connectivity index (χ1n) is 16.2. The van der Waals surface area contributed by atoms with Crippen molar-refractivity contribution in [3.63, 3.8) is 0 Å². The third-order valence-corrected chi connectivity index (χ3v) is 9.48. The summed E-state index contributed by atoms with van der Waals surface area (Å²) in [5, 5.41) is 19.4. The van der Waals surface area contributed by atoms with Crippen molar-refractivity contribution in [1.82, 2.24) is 9.80 Å². The van der Waals surface area contributed by atoms with Crippen molar-refractivity contribution in [2.24, 2.45) is 5.41 Å². The lowest BCUT2D eigenvalue weighted by Gasteiger charge is -2.47. The van der Waals surface area contributed by atoms with Gasteiger partial charge >= 0.3 is 6.18 Å². The van der Waals surface area contributed by atoms with Gasteiger partial charge in [-0.1, -0.05) is 57.5 Å². The van der Waals surface area contributed by atoms with Gasteiger partial charge in [0.1, 0.15) is 0 Å². The van der Waals surface area contributed by atoms with Crippen LogP contribution in [0, 0.1) is 12.3 Å². The summed E-state index contributed by atoms with van der Waals surface area (Å²) in [5.41, 5.74) is 2.67. The van der Waals surface area contributed by atoms with E-state index in [9.17, 15) is 32.2 Å². The molecule has 0 bridgehead atoms. The quantitative estimate of drug-likeness (QED) is 0.181. The van der Waals surface area contributed by atoms with E-state index < -0.39 is 23.2 Å². The number of alkyl halides is 5. The van der Waals surface area contributed by atoms with Gasteiger partial charge in [0, 0.05) is 57.1 Å². The molecule has 0 radical (unpaired) electrons. The Hall–Kier alpha value is -2.49. The van der Waals surface area contributed by atoms with E-state index in [1.54, 1.807) is 6.92 Å². The fourth-order valence-corrected chi connectivity index (χ4v) is 6.97. The molecule has 0 spiro atoms. The summed E-state index contributed by atoms with van der Waals surface area (Å²) in [7, 11) is 0. The minimum Gasteiger partial charge on any atom is -0.396 e. The van der Waals surface area contributed by atoms with Crippen molar-refractivity contribution >= 4 is 0 Å². The number of aryl methyl sites for hydroxylation is 2. The molecule has 2 aromatic rings. The van der Waals surface area contributed by atoms with Crippen LogP contribution >= 0.6 is 0 Å². The molecule has 2 aliphatic heterocycles. The molecule has 2 fully saturated rings. The Morgan fingerprint density at radius 1 is 0.956 bits per heavy atom. The zero-order valence-electron chi connectivity index (χ0n) is 27.3. The Kier molecular flexibility index (Phi) is 13.0. The molecule has 45 heavy (non-hydrogen) atoms. The Balaban J connectivity index is 0.000000292. The molecule has 4 nitrogen and oxygen atoms in total. The van der Waals surface area contributed by atoms with Crippen LogP contribution in [0.4, 0.5) is 22.0 Å². The Labute approximate surface area is 265 Å². The van der Waals surface area contributed by atoms with Gasteiger partial charge in [0.05, 0.1) is 11.6 Å². The van der Waals surface area contributed by atoms with Gasteiger partial charge in [-0.3, -0.25) is 4.90 Å². The van der Waals surface area contributed by atoms with Crippen molar-refractivity contribution in [3.05, 3.63) is 82.6 Å². The van der Waals surface area contributed by atoms with Crippen molar-refractivity contribution in [2.45, 2.75) is 103 Å². The van der Waals surface area contributed by atoms with Crippen LogP contribution in [0.25, 0.3) is 0 Å². The molecular formula is C36H51F5N2O2. The summed E-state index contributed by atoms with van der Waals surface area (Å²) in [5.74, 6) is -3.26. The summed E-state index contributed by atoms with van der Waals surface area (Å²) < 4.78 is 63.2. The fraction of sp³-hybridized carbons (Fsp3) is 0.611. The highest BCUT2D eigenvalue weighted by Crippen LogP contribution is 2.49. The number of unbranched alkanes of at least 4 members (excludes halogenated alkanes) is 2.